The second-order valence-electron chi connectivity index (χ2n) is 3.91. The molecule has 84 valence electrons. The Morgan fingerprint density at radius 3 is 2.50 bits per heavy atom. The van der Waals surface area contributed by atoms with Gasteiger partial charge in [0, 0.05) is 6.54 Å². The van der Waals surface area contributed by atoms with Crippen LogP contribution in [-0.2, 0) is 4.79 Å². The first-order valence-corrected chi connectivity index (χ1v) is 5.20. The average Bonchev–Trinajstić information content (AvgIpc) is 2.15. The van der Waals surface area contributed by atoms with Gasteiger partial charge in [0.25, 0.3) is 0 Å². The van der Waals surface area contributed by atoms with Crippen LogP contribution in [0, 0.1) is 5.92 Å². The Hall–Kier alpha value is -0.610. The number of aliphatic hydroxyl groups excluding tert-OH is 1. The van der Waals surface area contributed by atoms with Crippen molar-refractivity contribution in [1.82, 2.24) is 5.32 Å². The molecule has 4 N–H and O–H groups in total. The third kappa shape index (κ3) is 5.19. The Kier molecular flexibility index (Phi) is 6.49. The van der Waals surface area contributed by atoms with E-state index in [-0.39, 0.29) is 17.9 Å². The van der Waals surface area contributed by atoms with Crippen LogP contribution in [0.2, 0.25) is 0 Å². The molecular weight excluding hydrogens is 180 g/mol. The molecule has 0 saturated heterocycles. The molecule has 0 aliphatic carbocycles. The van der Waals surface area contributed by atoms with E-state index in [1.165, 1.54) is 0 Å². The van der Waals surface area contributed by atoms with E-state index in [1.54, 1.807) is 0 Å². The van der Waals surface area contributed by atoms with Gasteiger partial charge in [-0.1, -0.05) is 20.8 Å². The number of nitrogens with one attached hydrogen (secondary N) is 1. The van der Waals surface area contributed by atoms with Crippen LogP contribution in [-0.4, -0.2) is 29.7 Å². The van der Waals surface area contributed by atoms with Gasteiger partial charge in [-0.25, -0.2) is 0 Å². The molecule has 2 atom stereocenters. The van der Waals surface area contributed by atoms with Gasteiger partial charge in [-0.15, -0.1) is 0 Å². The first-order chi connectivity index (χ1) is 6.49. The SMILES string of the molecule is CCC(O)CCNC(=O)[C@H](N)C(C)C. The highest BCUT2D eigenvalue weighted by Gasteiger charge is 2.16. The Morgan fingerprint density at radius 2 is 2.07 bits per heavy atom. The normalized spacial score (nSPS) is 15.3. The molecule has 0 spiro atoms. The predicted molar refractivity (Wildman–Crippen MR) is 56.7 cm³/mol. The molecule has 0 fully saturated rings. The summed E-state index contributed by atoms with van der Waals surface area (Å²) in [6, 6.07) is -0.450. The van der Waals surface area contributed by atoms with Crippen LogP contribution in [0.3, 0.4) is 0 Å². The van der Waals surface area contributed by atoms with Gasteiger partial charge >= 0.3 is 0 Å². The fraction of sp³-hybridized carbons (Fsp3) is 0.900. The number of hydrogen-bond donors (Lipinski definition) is 3. The third-order valence-electron chi connectivity index (χ3n) is 2.27. The number of carbonyl (C=O) groups is 1. The summed E-state index contributed by atoms with van der Waals surface area (Å²) in [5.41, 5.74) is 5.63. The van der Waals surface area contributed by atoms with E-state index in [4.69, 9.17) is 5.73 Å². The van der Waals surface area contributed by atoms with Crippen molar-refractivity contribution in [3.63, 3.8) is 0 Å². The van der Waals surface area contributed by atoms with Crippen LogP contribution in [0.4, 0.5) is 0 Å². The van der Waals surface area contributed by atoms with Crippen molar-refractivity contribution < 1.29 is 9.90 Å². The number of hydrogen-bond acceptors (Lipinski definition) is 3. The zero-order valence-electron chi connectivity index (χ0n) is 9.29. The summed E-state index contributed by atoms with van der Waals surface area (Å²) in [7, 11) is 0. The highest BCUT2D eigenvalue weighted by Crippen LogP contribution is 1.98. The number of aliphatic hydroxyl groups is 1. The molecule has 0 saturated carbocycles. The molecular formula is C10H22N2O2. The molecule has 0 aliphatic heterocycles. The molecule has 0 radical (unpaired) electrons. The summed E-state index contributed by atoms with van der Waals surface area (Å²) in [6.45, 7) is 6.22. The topological polar surface area (TPSA) is 75.3 Å². The van der Waals surface area contributed by atoms with Crippen molar-refractivity contribution in [3.8, 4) is 0 Å². The standard InChI is InChI=1S/C10H22N2O2/c1-4-8(13)5-6-12-10(14)9(11)7(2)3/h7-9,13H,4-6,11H2,1-3H3,(H,12,14)/t8?,9-/m1/s1. The lowest BCUT2D eigenvalue weighted by molar-refractivity contribution is -0.123. The largest absolute Gasteiger partial charge is 0.393 e. The molecule has 1 amide bonds. The van der Waals surface area contributed by atoms with Gasteiger partial charge < -0.3 is 16.2 Å². The molecule has 4 nitrogen and oxygen atoms in total. The van der Waals surface area contributed by atoms with Crippen LogP contribution in [0.5, 0.6) is 0 Å². The fourth-order valence-corrected chi connectivity index (χ4v) is 0.987. The minimum atomic E-state index is -0.450. The van der Waals surface area contributed by atoms with E-state index in [1.807, 2.05) is 20.8 Å². The van der Waals surface area contributed by atoms with Crippen molar-refractivity contribution in [2.45, 2.75) is 45.8 Å². The van der Waals surface area contributed by atoms with E-state index in [0.29, 0.717) is 19.4 Å². The Bertz CT molecular complexity index is 172. The van der Waals surface area contributed by atoms with E-state index >= 15 is 0 Å². The Balaban J connectivity index is 3.64. The first kappa shape index (κ1) is 13.4. The van der Waals surface area contributed by atoms with Gasteiger partial charge in [-0.3, -0.25) is 4.79 Å². The van der Waals surface area contributed by atoms with E-state index in [9.17, 15) is 9.90 Å². The van der Waals surface area contributed by atoms with Crippen LogP contribution >= 0.6 is 0 Å². The highest BCUT2D eigenvalue weighted by molar-refractivity contribution is 5.81. The molecule has 1 unspecified atom stereocenters. The van der Waals surface area contributed by atoms with Gasteiger partial charge in [0.2, 0.25) is 5.91 Å². The second kappa shape index (κ2) is 6.79. The van der Waals surface area contributed by atoms with Crippen LogP contribution < -0.4 is 11.1 Å². The molecule has 0 heterocycles. The van der Waals surface area contributed by atoms with Gasteiger partial charge in [0.05, 0.1) is 12.1 Å². The molecule has 0 bridgehead atoms. The summed E-state index contributed by atoms with van der Waals surface area (Å²) in [5, 5.41) is 11.9. The van der Waals surface area contributed by atoms with Crippen molar-refractivity contribution in [3.05, 3.63) is 0 Å². The minimum absolute atomic E-state index is 0.136. The van der Waals surface area contributed by atoms with Crippen LogP contribution in [0.15, 0.2) is 0 Å². The summed E-state index contributed by atoms with van der Waals surface area (Å²) in [5.74, 6) is 0.00871. The first-order valence-electron chi connectivity index (χ1n) is 5.20. The average molecular weight is 202 g/mol. The van der Waals surface area contributed by atoms with Gasteiger partial charge in [0.15, 0.2) is 0 Å². The van der Waals surface area contributed by atoms with Gasteiger partial charge in [-0.05, 0) is 18.8 Å². The number of nitrogens with two attached hydrogens (primary N) is 1. The zero-order valence-corrected chi connectivity index (χ0v) is 9.29. The van der Waals surface area contributed by atoms with Crippen molar-refractivity contribution in [2.24, 2.45) is 11.7 Å². The lowest BCUT2D eigenvalue weighted by Crippen LogP contribution is -2.44. The maximum Gasteiger partial charge on any atom is 0.237 e. The Morgan fingerprint density at radius 1 is 1.50 bits per heavy atom. The van der Waals surface area contributed by atoms with Crippen molar-refractivity contribution in [1.29, 1.82) is 0 Å². The Labute approximate surface area is 85.9 Å². The van der Waals surface area contributed by atoms with Crippen molar-refractivity contribution in [2.75, 3.05) is 6.54 Å². The maximum absolute atomic E-state index is 11.3. The summed E-state index contributed by atoms with van der Waals surface area (Å²) < 4.78 is 0. The number of rotatable bonds is 6. The molecule has 0 rings (SSSR count). The molecule has 0 aromatic carbocycles. The van der Waals surface area contributed by atoms with Crippen LogP contribution in [0.25, 0.3) is 0 Å². The number of carbonyl (C=O) groups excluding carboxylic acids is 1. The monoisotopic (exact) mass is 202 g/mol. The maximum atomic E-state index is 11.3. The minimum Gasteiger partial charge on any atom is -0.393 e. The summed E-state index contributed by atoms with van der Waals surface area (Å²) >= 11 is 0. The van der Waals surface area contributed by atoms with E-state index in [2.05, 4.69) is 5.32 Å². The predicted octanol–water partition coefficient (Wildman–Crippen LogP) is 0.247. The second-order valence-corrected chi connectivity index (χ2v) is 3.91. The quantitative estimate of drug-likeness (QED) is 0.578. The van der Waals surface area contributed by atoms with Crippen molar-refractivity contribution >= 4 is 5.91 Å². The molecule has 0 aromatic rings. The lowest BCUT2D eigenvalue weighted by Gasteiger charge is -2.16. The van der Waals surface area contributed by atoms with E-state index < -0.39 is 6.04 Å². The number of amides is 1. The van der Waals surface area contributed by atoms with Gasteiger partial charge in [-0.2, -0.15) is 0 Å². The molecule has 14 heavy (non-hydrogen) atoms. The fourth-order valence-electron chi connectivity index (χ4n) is 0.987. The summed E-state index contributed by atoms with van der Waals surface area (Å²) in [4.78, 5) is 11.3. The highest BCUT2D eigenvalue weighted by atomic mass is 16.3. The molecule has 0 aliphatic rings. The summed E-state index contributed by atoms with van der Waals surface area (Å²) in [6.07, 6.45) is 0.977. The van der Waals surface area contributed by atoms with Gasteiger partial charge in [0.1, 0.15) is 0 Å². The molecule has 4 heteroatoms. The van der Waals surface area contributed by atoms with E-state index in [0.717, 1.165) is 0 Å². The molecule has 0 aromatic heterocycles. The zero-order chi connectivity index (χ0) is 11.1. The smallest absolute Gasteiger partial charge is 0.237 e. The third-order valence-corrected chi connectivity index (χ3v) is 2.27. The lowest BCUT2D eigenvalue weighted by atomic mass is 10.1. The van der Waals surface area contributed by atoms with Crippen LogP contribution in [0.1, 0.15) is 33.6 Å².